The van der Waals surface area contributed by atoms with Gasteiger partial charge in [-0.1, -0.05) is 6.92 Å². The van der Waals surface area contributed by atoms with Crippen LogP contribution in [-0.4, -0.2) is 68.2 Å². The smallest absolute Gasteiger partial charge is 0.225 e. The minimum atomic E-state index is -0.161. The molecule has 5 heteroatoms. The first-order valence-electron chi connectivity index (χ1n) is 6.83. The summed E-state index contributed by atoms with van der Waals surface area (Å²) in [4.78, 5) is 16.3. The summed E-state index contributed by atoms with van der Waals surface area (Å²) in [5.41, 5.74) is 5.53. The number of carbonyl (C=O) groups excluding carboxylic acids is 1. The van der Waals surface area contributed by atoms with Gasteiger partial charge in [0.2, 0.25) is 5.91 Å². The molecule has 0 aromatic carbocycles. The molecule has 2 unspecified atom stereocenters. The van der Waals surface area contributed by atoms with E-state index in [1.807, 2.05) is 11.9 Å². The minimum absolute atomic E-state index is 0.121. The quantitative estimate of drug-likeness (QED) is 0.712. The molecule has 2 N–H and O–H groups in total. The van der Waals surface area contributed by atoms with Crippen LogP contribution < -0.4 is 5.73 Å². The normalized spacial score (nSPS) is 22.1. The third kappa shape index (κ3) is 4.23. The summed E-state index contributed by atoms with van der Waals surface area (Å²) in [7, 11) is 3.47. The average molecular weight is 257 g/mol. The first-order valence-corrected chi connectivity index (χ1v) is 6.83. The summed E-state index contributed by atoms with van der Waals surface area (Å²) < 4.78 is 5.15. The fraction of sp³-hybridized carbons (Fsp3) is 0.923. The van der Waals surface area contributed by atoms with E-state index in [9.17, 15) is 4.79 Å². The molecule has 1 rings (SSSR count). The van der Waals surface area contributed by atoms with Crippen LogP contribution >= 0.6 is 0 Å². The van der Waals surface area contributed by atoms with Gasteiger partial charge in [0.1, 0.15) is 0 Å². The molecule has 2 atom stereocenters. The number of hydrogen-bond donors (Lipinski definition) is 1. The molecule has 0 radical (unpaired) electrons. The molecule has 106 valence electrons. The Balaban J connectivity index is 2.39. The Bertz CT molecular complexity index is 257. The molecule has 0 aromatic rings. The monoisotopic (exact) mass is 257 g/mol. The Hall–Kier alpha value is -0.650. The maximum Gasteiger partial charge on any atom is 0.225 e. The van der Waals surface area contributed by atoms with Crippen molar-refractivity contribution >= 4 is 5.91 Å². The lowest BCUT2D eigenvalue weighted by atomic mass is 10.2. The van der Waals surface area contributed by atoms with E-state index in [4.69, 9.17) is 10.5 Å². The van der Waals surface area contributed by atoms with Crippen LogP contribution in [0, 0.1) is 0 Å². The molecule has 0 bridgehead atoms. The number of ether oxygens (including phenoxy) is 1. The highest BCUT2D eigenvalue weighted by molar-refractivity contribution is 5.76. The maximum absolute atomic E-state index is 12.0. The van der Waals surface area contributed by atoms with E-state index in [2.05, 4.69) is 11.8 Å². The fourth-order valence-electron chi connectivity index (χ4n) is 2.55. The van der Waals surface area contributed by atoms with Crippen molar-refractivity contribution in [3.63, 3.8) is 0 Å². The van der Waals surface area contributed by atoms with E-state index in [0.717, 1.165) is 19.6 Å². The molecule has 0 spiro atoms. The summed E-state index contributed by atoms with van der Waals surface area (Å²) in [6.07, 6.45) is 2.65. The Morgan fingerprint density at radius 1 is 1.61 bits per heavy atom. The van der Waals surface area contributed by atoms with Gasteiger partial charge in [0.15, 0.2) is 0 Å². The van der Waals surface area contributed by atoms with Gasteiger partial charge in [-0.15, -0.1) is 0 Å². The van der Waals surface area contributed by atoms with E-state index in [1.54, 1.807) is 7.11 Å². The van der Waals surface area contributed by atoms with Gasteiger partial charge >= 0.3 is 0 Å². The van der Waals surface area contributed by atoms with Crippen LogP contribution in [0.1, 0.15) is 26.2 Å². The van der Waals surface area contributed by atoms with E-state index in [1.165, 1.54) is 12.8 Å². The number of carbonyl (C=O) groups is 1. The lowest BCUT2D eigenvalue weighted by molar-refractivity contribution is -0.132. The van der Waals surface area contributed by atoms with Crippen LogP contribution in [0.5, 0.6) is 0 Å². The molecule has 1 fully saturated rings. The highest BCUT2D eigenvalue weighted by Crippen LogP contribution is 2.17. The number of nitrogens with zero attached hydrogens (tertiary/aromatic N) is 2. The Labute approximate surface area is 110 Å². The number of hydrogen-bond acceptors (Lipinski definition) is 4. The van der Waals surface area contributed by atoms with Gasteiger partial charge in [-0.2, -0.15) is 0 Å². The largest absolute Gasteiger partial charge is 0.380 e. The Kier molecular flexibility index (Phi) is 6.60. The summed E-state index contributed by atoms with van der Waals surface area (Å²) in [5, 5.41) is 0. The van der Waals surface area contributed by atoms with E-state index < -0.39 is 0 Å². The molecular formula is C13H27N3O2. The molecule has 1 saturated heterocycles. The van der Waals surface area contributed by atoms with E-state index in [0.29, 0.717) is 19.0 Å². The molecule has 1 aliphatic heterocycles. The van der Waals surface area contributed by atoms with Crippen LogP contribution in [0.4, 0.5) is 0 Å². The minimum Gasteiger partial charge on any atom is -0.380 e. The zero-order chi connectivity index (χ0) is 13.5. The molecule has 0 aromatic heterocycles. The number of likely N-dealkylation sites (N-methyl/N-ethyl adjacent to an activating group) is 2. The predicted octanol–water partition coefficient (Wildman–Crippen LogP) is 0.293. The molecule has 5 nitrogen and oxygen atoms in total. The highest BCUT2D eigenvalue weighted by Gasteiger charge is 2.26. The second-order valence-electron chi connectivity index (χ2n) is 5.00. The van der Waals surface area contributed by atoms with Crippen molar-refractivity contribution in [3.8, 4) is 0 Å². The van der Waals surface area contributed by atoms with Gasteiger partial charge in [0.05, 0.1) is 12.5 Å². The molecular weight excluding hydrogens is 230 g/mol. The number of likely N-dealkylation sites (tertiary alicyclic amines) is 1. The average Bonchev–Trinajstić information content (AvgIpc) is 2.82. The zero-order valence-corrected chi connectivity index (χ0v) is 11.9. The SMILES string of the molecule is CCN1CCCC1CN(C)C(=O)CC(CN)OC. The second-order valence-corrected chi connectivity index (χ2v) is 5.00. The van der Waals surface area contributed by atoms with Crippen molar-refractivity contribution in [1.29, 1.82) is 0 Å². The first kappa shape index (κ1) is 15.4. The van der Waals surface area contributed by atoms with Crippen molar-refractivity contribution in [2.45, 2.75) is 38.3 Å². The van der Waals surface area contributed by atoms with E-state index in [-0.39, 0.29) is 12.0 Å². The van der Waals surface area contributed by atoms with E-state index >= 15 is 0 Å². The summed E-state index contributed by atoms with van der Waals surface area (Å²) >= 11 is 0. The van der Waals surface area contributed by atoms with Crippen LogP contribution in [0.2, 0.25) is 0 Å². The third-order valence-corrected chi connectivity index (χ3v) is 3.81. The molecule has 0 saturated carbocycles. The van der Waals surface area contributed by atoms with Crippen molar-refractivity contribution in [3.05, 3.63) is 0 Å². The van der Waals surface area contributed by atoms with Gasteiger partial charge in [0, 0.05) is 33.3 Å². The topological polar surface area (TPSA) is 58.8 Å². The van der Waals surface area contributed by atoms with Crippen molar-refractivity contribution in [1.82, 2.24) is 9.80 Å². The van der Waals surface area contributed by atoms with Crippen LogP contribution in [0.15, 0.2) is 0 Å². The second kappa shape index (κ2) is 7.71. The van der Waals surface area contributed by atoms with Crippen LogP contribution in [0.25, 0.3) is 0 Å². The van der Waals surface area contributed by atoms with Crippen molar-refractivity contribution in [2.24, 2.45) is 5.73 Å². The third-order valence-electron chi connectivity index (χ3n) is 3.81. The lowest BCUT2D eigenvalue weighted by Gasteiger charge is -2.28. The van der Waals surface area contributed by atoms with Gasteiger partial charge in [-0.25, -0.2) is 0 Å². The molecule has 1 amide bonds. The Morgan fingerprint density at radius 2 is 2.33 bits per heavy atom. The maximum atomic E-state index is 12.0. The number of nitrogens with two attached hydrogens (primary N) is 1. The molecule has 1 aliphatic rings. The summed E-state index contributed by atoms with van der Waals surface area (Å²) in [6, 6.07) is 0.517. The first-order chi connectivity index (χ1) is 8.62. The number of methoxy groups -OCH3 is 1. The number of amides is 1. The van der Waals surface area contributed by atoms with Crippen LogP contribution in [-0.2, 0) is 9.53 Å². The van der Waals surface area contributed by atoms with Gasteiger partial charge < -0.3 is 15.4 Å². The molecule has 18 heavy (non-hydrogen) atoms. The van der Waals surface area contributed by atoms with Gasteiger partial charge in [-0.05, 0) is 25.9 Å². The lowest BCUT2D eigenvalue weighted by Crippen LogP contribution is -2.42. The summed E-state index contributed by atoms with van der Waals surface area (Å²) in [6.45, 7) is 5.60. The summed E-state index contributed by atoms with van der Waals surface area (Å²) in [5.74, 6) is 0.121. The van der Waals surface area contributed by atoms with Crippen molar-refractivity contribution in [2.75, 3.05) is 40.3 Å². The molecule has 1 heterocycles. The zero-order valence-electron chi connectivity index (χ0n) is 11.9. The van der Waals surface area contributed by atoms with Crippen molar-refractivity contribution < 1.29 is 9.53 Å². The highest BCUT2D eigenvalue weighted by atomic mass is 16.5. The predicted molar refractivity (Wildman–Crippen MR) is 72.4 cm³/mol. The fourth-order valence-corrected chi connectivity index (χ4v) is 2.55. The number of rotatable bonds is 7. The molecule has 0 aliphatic carbocycles. The Morgan fingerprint density at radius 3 is 2.89 bits per heavy atom. The standard InChI is InChI=1S/C13H27N3O2/c1-4-16-7-5-6-11(16)10-15(2)13(17)8-12(9-14)18-3/h11-12H,4-10,14H2,1-3H3. The van der Waals surface area contributed by atoms with Crippen LogP contribution in [0.3, 0.4) is 0 Å². The van der Waals surface area contributed by atoms with Gasteiger partial charge in [0.25, 0.3) is 0 Å². The van der Waals surface area contributed by atoms with Gasteiger partial charge in [-0.3, -0.25) is 9.69 Å².